The van der Waals surface area contributed by atoms with Crippen LogP contribution < -0.4 is 16.4 Å². The molecule has 5 N–H and O–H groups in total. The summed E-state index contributed by atoms with van der Waals surface area (Å²) in [6.07, 6.45) is 6.24. The number of nitrogens with two attached hydrogens (primary N) is 1. The van der Waals surface area contributed by atoms with Crippen molar-refractivity contribution >= 4 is 73.9 Å². The predicted octanol–water partition coefficient (Wildman–Crippen LogP) is 5.06. The first-order valence-corrected chi connectivity index (χ1v) is 13.7. The minimum atomic E-state index is -0.199. The summed E-state index contributed by atoms with van der Waals surface area (Å²) < 4.78 is 0.819. The molecule has 1 aliphatic carbocycles. The standard InChI is InChI=1S/C28H27ClN8O2S/c1-15(39)35-28-36-22-9-6-17(11-23(22)40-28)25(30)24-26(31)33-14-34-27(24)32-12-19(37(2)18-7-8-18)10-16-4-3-5-21(29)20(16)13-38/h3-6,9-11,13-14,18,30H,7-8,12H2,1-2H3,(H,35,36,39)(H3,31,32,33,34)/b19-10-,30-25?. The zero-order valence-corrected chi connectivity index (χ0v) is 23.4. The van der Waals surface area contributed by atoms with E-state index in [4.69, 9.17) is 22.7 Å². The summed E-state index contributed by atoms with van der Waals surface area (Å²) >= 11 is 7.59. The van der Waals surface area contributed by atoms with Crippen molar-refractivity contribution in [2.45, 2.75) is 25.8 Å². The van der Waals surface area contributed by atoms with Gasteiger partial charge in [0.2, 0.25) is 5.91 Å². The summed E-state index contributed by atoms with van der Waals surface area (Å²) in [7, 11) is 2.02. The number of hydrogen-bond donors (Lipinski definition) is 4. The zero-order chi connectivity index (χ0) is 28.4. The largest absolute Gasteiger partial charge is 0.383 e. The Kier molecular flexibility index (Phi) is 7.76. The number of nitrogens with one attached hydrogen (secondary N) is 3. The number of hydrogen-bond acceptors (Lipinski definition) is 10. The highest BCUT2D eigenvalue weighted by Gasteiger charge is 2.28. The minimum Gasteiger partial charge on any atom is -0.383 e. The fraction of sp³-hybridized carbons (Fsp3) is 0.214. The van der Waals surface area contributed by atoms with Crippen molar-refractivity contribution in [2.75, 3.05) is 30.0 Å². The second-order valence-electron chi connectivity index (χ2n) is 9.43. The highest BCUT2D eigenvalue weighted by molar-refractivity contribution is 7.22. The van der Waals surface area contributed by atoms with Crippen molar-refractivity contribution in [1.82, 2.24) is 19.9 Å². The van der Waals surface area contributed by atoms with Gasteiger partial charge >= 0.3 is 0 Å². The molecule has 2 aromatic carbocycles. The number of aromatic nitrogens is 3. The van der Waals surface area contributed by atoms with Crippen LogP contribution >= 0.6 is 22.9 Å². The van der Waals surface area contributed by atoms with Crippen LogP contribution in [-0.4, -0.2) is 57.4 Å². The predicted molar refractivity (Wildman–Crippen MR) is 160 cm³/mol. The second kappa shape index (κ2) is 11.4. The van der Waals surface area contributed by atoms with Crippen molar-refractivity contribution in [3.05, 3.63) is 75.7 Å². The maximum atomic E-state index is 11.7. The van der Waals surface area contributed by atoms with E-state index in [1.807, 2.05) is 31.3 Å². The van der Waals surface area contributed by atoms with Gasteiger partial charge in [0.25, 0.3) is 0 Å². The number of nitrogen functional groups attached to an aromatic ring is 1. The molecule has 0 atom stereocenters. The number of likely N-dealkylation sites (N-methyl/N-ethyl adjacent to an activating group) is 1. The number of aldehydes is 1. The first kappa shape index (κ1) is 27.2. The topological polar surface area (TPSA) is 150 Å². The molecule has 40 heavy (non-hydrogen) atoms. The number of amides is 1. The molecule has 12 heteroatoms. The van der Waals surface area contributed by atoms with Crippen molar-refractivity contribution in [3.63, 3.8) is 0 Å². The lowest BCUT2D eigenvalue weighted by Gasteiger charge is -2.24. The van der Waals surface area contributed by atoms with Gasteiger partial charge in [-0.1, -0.05) is 41.1 Å². The van der Waals surface area contributed by atoms with E-state index in [9.17, 15) is 9.59 Å². The monoisotopic (exact) mass is 574 g/mol. The third kappa shape index (κ3) is 5.80. The minimum absolute atomic E-state index is 0.149. The fourth-order valence-corrected chi connectivity index (χ4v) is 5.52. The lowest BCUT2D eigenvalue weighted by Crippen LogP contribution is -2.26. The third-order valence-corrected chi connectivity index (χ3v) is 7.86. The molecular formula is C28H27ClN8O2S. The summed E-state index contributed by atoms with van der Waals surface area (Å²) in [6.45, 7) is 1.79. The van der Waals surface area contributed by atoms with Crippen LogP contribution in [0.5, 0.6) is 0 Å². The quantitative estimate of drug-likeness (QED) is 0.152. The van der Waals surface area contributed by atoms with Crippen LogP contribution in [0, 0.1) is 5.41 Å². The lowest BCUT2D eigenvalue weighted by atomic mass is 10.0. The number of carbonyl (C=O) groups is 2. The Morgan fingerprint density at radius 2 is 2.08 bits per heavy atom. The molecule has 0 unspecified atom stereocenters. The van der Waals surface area contributed by atoms with Crippen LogP contribution in [0.25, 0.3) is 16.3 Å². The first-order valence-electron chi connectivity index (χ1n) is 12.5. The number of benzene rings is 2. The third-order valence-electron chi connectivity index (χ3n) is 6.60. The molecule has 10 nitrogen and oxygen atoms in total. The van der Waals surface area contributed by atoms with Crippen LogP contribution in [0.2, 0.25) is 5.02 Å². The maximum Gasteiger partial charge on any atom is 0.223 e. The van der Waals surface area contributed by atoms with E-state index in [2.05, 4.69) is 30.5 Å². The van der Waals surface area contributed by atoms with Gasteiger partial charge in [-0.2, -0.15) is 0 Å². The van der Waals surface area contributed by atoms with Crippen molar-refractivity contribution in [3.8, 4) is 0 Å². The van der Waals surface area contributed by atoms with Gasteiger partial charge in [0.1, 0.15) is 18.0 Å². The summed E-state index contributed by atoms with van der Waals surface area (Å²) in [5.74, 6) is 0.387. The van der Waals surface area contributed by atoms with Crippen LogP contribution in [0.3, 0.4) is 0 Å². The normalized spacial score (nSPS) is 13.2. The van der Waals surface area contributed by atoms with Gasteiger partial charge < -0.3 is 21.3 Å². The smallest absolute Gasteiger partial charge is 0.223 e. The molecule has 1 amide bonds. The molecule has 1 saturated carbocycles. The SMILES string of the molecule is CC(=O)Nc1nc2ccc(C(=N)c3c(N)ncnc3NC/C(=C/c3cccc(Cl)c3C=O)N(C)C3CC3)cc2s1. The zero-order valence-electron chi connectivity index (χ0n) is 21.9. The van der Waals surface area contributed by atoms with Gasteiger partial charge in [-0.3, -0.25) is 15.0 Å². The summed E-state index contributed by atoms with van der Waals surface area (Å²) in [4.78, 5) is 38.3. The van der Waals surface area contributed by atoms with Gasteiger partial charge in [-0.05, 0) is 42.7 Å². The summed E-state index contributed by atoms with van der Waals surface area (Å²) in [5.41, 5.74) is 10.2. The number of nitrogens with zero attached hydrogens (tertiary/aromatic N) is 4. The molecule has 0 saturated heterocycles. The van der Waals surface area contributed by atoms with Gasteiger partial charge in [0.15, 0.2) is 11.4 Å². The molecule has 0 bridgehead atoms. The van der Waals surface area contributed by atoms with E-state index in [1.54, 1.807) is 18.2 Å². The number of thiazole rings is 1. The van der Waals surface area contributed by atoms with Gasteiger partial charge in [0.05, 0.1) is 33.1 Å². The molecule has 204 valence electrons. The van der Waals surface area contributed by atoms with Gasteiger partial charge in [-0.15, -0.1) is 0 Å². The number of rotatable bonds is 10. The number of anilines is 3. The lowest BCUT2D eigenvalue weighted by molar-refractivity contribution is -0.114. The Balaban J connectivity index is 1.45. The Hall–Kier alpha value is -4.35. The average molecular weight is 575 g/mol. The molecule has 0 spiro atoms. The molecule has 0 radical (unpaired) electrons. The molecular weight excluding hydrogens is 548 g/mol. The van der Waals surface area contributed by atoms with Crippen molar-refractivity contribution in [2.24, 2.45) is 0 Å². The Labute approximate surface area is 239 Å². The fourth-order valence-electron chi connectivity index (χ4n) is 4.34. The van der Waals surface area contributed by atoms with E-state index in [-0.39, 0.29) is 17.4 Å². The molecule has 5 rings (SSSR count). The van der Waals surface area contributed by atoms with E-state index in [0.29, 0.717) is 45.2 Å². The Bertz CT molecular complexity index is 1660. The number of carbonyl (C=O) groups excluding carboxylic acids is 2. The molecule has 4 aromatic rings. The molecule has 1 fully saturated rings. The average Bonchev–Trinajstić information content (AvgIpc) is 3.69. The molecule has 1 aliphatic rings. The van der Waals surface area contributed by atoms with Crippen molar-refractivity contribution in [1.29, 1.82) is 5.41 Å². The summed E-state index contributed by atoms with van der Waals surface area (Å²) in [6, 6.07) is 11.2. The highest BCUT2D eigenvalue weighted by Crippen LogP contribution is 2.32. The number of fused-ring (bicyclic) bond motifs is 1. The van der Waals surface area contributed by atoms with E-state index < -0.39 is 0 Å². The highest BCUT2D eigenvalue weighted by atomic mass is 35.5. The van der Waals surface area contributed by atoms with Crippen LogP contribution in [0.15, 0.2) is 48.4 Å². The number of halogens is 1. The Morgan fingerprint density at radius 1 is 1.27 bits per heavy atom. The van der Waals surface area contributed by atoms with Crippen molar-refractivity contribution < 1.29 is 9.59 Å². The molecule has 2 aromatic heterocycles. The van der Waals surface area contributed by atoms with E-state index in [1.165, 1.54) is 24.6 Å². The Morgan fingerprint density at radius 3 is 2.80 bits per heavy atom. The van der Waals surface area contributed by atoms with Crippen LogP contribution in [0.4, 0.5) is 16.8 Å². The van der Waals surface area contributed by atoms with E-state index in [0.717, 1.165) is 40.6 Å². The van der Waals surface area contributed by atoms with Gasteiger partial charge in [0, 0.05) is 36.8 Å². The first-order chi connectivity index (χ1) is 19.2. The second-order valence-corrected chi connectivity index (χ2v) is 10.9. The maximum absolute atomic E-state index is 11.7. The van der Waals surface area contributed by atoms with Crippen LogP contribution in [0.1, 0.15) is 46.8 Å². The summed E-state index contributed by atoms with van der Waals surface area (Å²) in [5, 5.41) is 15.9. The van der Waals surface area contributed by atoms with E-state index >= 15 is 0 Å². The molecule has 2 heterocycles. The van der Waals surface area contributed by atoms with Crippen LogP contribution in [-0.2, 0) is 4.79 Å². The molecule has 0 aliphatic heterocycles. The van der Waals surface area contributed by atoms with Gasteiger partial charge in [-0.25, -0.2) is 15.0 Å².